The Hall–Kier alpha value is -0.120. The van der Waals surface area contributed by atoms with Gasteiger partial charge in [0.25, 0.3) is 0 Å². The molecule has 0 radical (unpaired) electrons. The van der Waals surface area contributed by atoms with Crippen LogP contribution in [0.5, 0.6) is 0 Å². The summed E-state index contributed by atoms with van der Waals surface area (Å²) < 4.78 is 8.87. The summed E-state index contributed by atoms with van der Waals surface area (Å²) in [6, 6.07) is 0. The highest BCUT2D eigenvalue weighted by atomic mass is 31.0. The monoisotopic (exact) mass is 560 g/mol. The molecule has 0 aromatic heterocycles. The fraction of sp³-hybridized carbons (Fsp3) is 0.704. The van der Waals surface area contributed by atoms with E-state index in [4.69, 9.17) is 0 Å². The molecule has 0 aliphatic carbocycles. The smallest absolute Gasteiger partial charge is 0.0272 e. The quantitative estimate of drug-likeness (QED) is 0.279. The zero-order chi connectivity index (χ0) is 26.3. The summed E-state index contributed by atoms with van der Waals surface area (Å²) >= 11 is 0. The molecule has 0 N–H and O–H groups in total. The van der Waals surface area contributed by atoms with E-state index in [0.717, 1.165) is 36.8 Å². The van der Waals surface area contributed by atoms with E-state index in [9.17, 15) is 0 Å². The van der Waals surface area contributed by atoms with Crippen LogP contribution in [0.25, 0.3) is 0 Å². The lowest BCUT2D eigenvalue weighted by atomic mass is 10.1. The van der Waals surface area contributed by atoms with Gasteiger partial charge in [0.05, 0.1) is 0 Å². The van der Waals surface area contributed by atoms with Gasteiger partial charge in [-0.25, -0.2) is 0 Å². The molecule has 0 amide bonds. The number of hydrogen-bond donors (Lipinski definition) is 0. The van der Waals surface area contributed by atoms with Crippen LogP contribution in [0, 0.1) is 23.7 Å². The molecule has 0 saturated carbocycles. The summed E-state index contributed by atoms with van der Waals surface area (Å²) in [4.78, 5) is 0. The minimum atomic E-state index is 0. The first-order valence-corrected chi connectivity index (χ1v) is 14.5. The summed E-state index contributed by atoms with van der Waals surface area (Å²) in [7, 11) is 10.9. The van der Waals surface area contributed by atoms with Gasteiger partial charge in [-0.2, -0.15) is 0 Å². The number of hydrogen-bond acceptors (Lipinski definition) is 4. The third-order valence-corrected chi connectivity index (χ3v) is 9.78. The lowest BCUT2D eigenvalue weighted by molar-refractivity contribution is 0.554. The minimum absolute atomic E-state index is 0. The van der Waals surface area contributed by atoms with Crippen LogP contribution >= 0.6 is 37.6 Å². The molecule has 4 rings (SSSR count). The van der Waals surface area contributed by atoms with Crippen molar-refractivity contribution in [2.24, 2.45) is 23.7 Å². The fourth-order valence-electron chi connectivity index (χ4n) is 4.33. The van der Waals surface area contributed by atoms with E-state index in [0.29, 0.717) is 0 Å². The highest BCUT2D eigenvalue weighted by Crippen LogP contribution is 2.30. The molecule has 8 atom stereocenters. The van der Waals surface area contributed by atoms with E-state index in [-0.39, 0.29) is 7.43 Å². The molecule has 0 aromatic rings. The zero-order valence-electron chi connectivity index (χ0n) is 23.4. The molecule has 35 heavy (non-hydrogen) atoms. The molecule has 4 unspecified atom stereocenters. The van der Waals surface area contributed by atoms with Crippen molar-refractivity contribution < 1.29 is 0 Å². The van der Waals surface area contributed by atoms with E-state index < -0.39 is 0 Å². The Morgan fingerprint density at radius 3 is 0.886 bits per heavy atom. The third-order valence-electron chi connectivity index (χ3n) is 7.35. The van der Waals surface area contributed by atoms with Gasteiger partial charge in [-0.1, -0.05) is 47.3 Å². The van der Waals surface area contributed by atoms with Crippen molar-refractivity contribution in [1.29, 1.82) is 0 Å². The van der Waals surface area contributed by atoms with Gasteiger partial charge in [0, 0.05) is 49.0 Å². The molecule has 4 heterocycles. The maximum atomic E-state index is 2.73. The van der Waals surface area contributed by atoms with E-state index in [1.807, 2.05) is 0 Å². The Labute approximate surface area is 228 Å². The first-order valence-electron chi connectivity index (χ1n) is 12.5. The minimum Gasteiger partial charge on any atom is -0.359 e. The maximum Gasteiger partial charge on any atom is 0.0272 e. The molecule has 204 valence electrons. The van der Waals surface area contributed by atoms with Crippen molar-refractivity contribution in [3.05, 3.63) is 46.1 Å². The van der Waals surface area contributed by atoms with Gasteiger partial charge in [-0.05, 0) is 114 Å². The maximum absolute atomic E-state index is 2.73. The molecule has 4 aliphatic heterocycles. The molecule has 0 aromatic carbocycles. The van der Waals surface area contributed by atoms with E-state index >= 15 is 0 Å². The van der Waals surface area contributed by atoms with E-state index in [1.165, 1.54) is 47.0 Å². The van der Waals surface area contributed by atoms with Crippen molar-refractivity contribution >= 4 is 37.6 Å². The normalized spacial score (nSPS) is 27.5. The van der Waals surface area contributed by atoms with Gasteiger partial charge in [-0.3, -0.25) is 0 Å². The molecule has 0 bridgehead atoms. The van der Waals surface area contributed by atoms with Crippen molar-refractivity contribution in [2.75, 3.05) is 26.2 Å². The molecular weight excluding hydrogens is 504 g/mol. The van der Waals surface area contributed by atoms with Crippen molar-refractivity contribution in [1.82, 2.24) is 18.7 Å². The molecule has 0 spiro atoms. The summed E-state index contributed by atoms with van der Waals surface area (Å²) in [6.07, 6.45) is 4.57. The first-order chi connectivity index (χ1) is 15.6. The topological polar surface area (TPSA) is 13.0 Å². The second kappa shape index (κ2) is 16.0. The summed E-state index contributed by atoms with van der Waals surface area (Å²) in [5.74, 6) is 2.99. The van der Waals surface area contributed by atoms with Crippen LogP contribution in [0.15, 0.2) is 46.1 Å². The second-order valence-electron chi connectivity index (χ2n) is 10.5. The van der Waals surface area contributed by atoms with Crippen LogP contribution in [0.3, 0.4) is 0 Å². The Kier molecular flexibility index (Phi) is 15.9. The van der Waals surface area contributed by atoms with Crippen LogP contribution in [0.2, 0.25) is 0 Å². The van der Waals surface area contributed by atoms with Crippen LogP contribution in [-0.4, -0.2) is 44.9 Å². The summed E-state index contributed by atoms with van der Waals surface area (Å²) in [6.45, 7) is 26.7. The van der Waals surface area contributed by atoms with Gasteiger partial charge in [0.2, 0.25) is 0 Å². The Balaban J connectivity index is 0.000000437. The average molecular weight is 561 g/mol. The highest BCUT2D eigenvalue weighted by molar-refractivity contribution is 7.14. The zero-order valence-corrected chi connectivity index (χ0v) is 28.0. The summed E-state index contributed by atoms with van der Waals surface area (Å²) in [5.41, 5.74) is 8.67. The molecule has 0 fully saturated rings. The van der Waals surface area contributed by atoms with E-state index in [1.54, 1.807) is 0 Å². The van der Waals surface area contributed by atoms with Gasteiger partial charge in [-0.15, -0.1) is 0 Å². The Bertz CT molecular complexity index is 707. The van der Waals surface area contributed by atoms with Crippen molar-refractivity contribution in [2.45, 2.75) is 76.7 Å². The Morgan fingerprint density at radius 2 is 0.829 bits per heavy atom. The van der Waals surface area contributed by atoms with E-state index in [2.05, 4.69) is 138 Å². The number of nitrogens with zero attached hydrogens (tertiary/aromatic N) is 4. The van der Waals surface area contributed by atoms with Gasteiger partial charge in [0.1, 0.15) is 0 Å². The molecule has 0 saturated heterocycles. The fourth-order valence-corrected chi connectivity index (χ4v) is 6.21. The number of rotatable bonds is 0. The van der Waals surface area contributed by atoms with Crippen molar-refractivity contribution in [3.63, 3.8) is 0 Å². The largest absolute Gasteiger partial charge is 0.359 e. The molecule has 8 heteroatoms. The SMILES string of the molecule is C.CC1=C(C)N(P)C[C@@H]1C.CC1=C(C)N(P)C[C@H]1C.CC1=C[C@@H](C)CN1P.CC1=C[C@H](C)CN1P. The number of allylic oxidation sites excluding steroid dienone is 4. The standard InChI is InChI=1S/2C7H14NP.2C6H12NP.CH4/c2*1-5-4-8(9)7(3)6(5)2;2*1-5-3-6(2)7(8)4-5;/h2*5H,4,9H2,1-3H3;2*3,5H,4,8H2,1-2H3;1H4/t4*5-;/m1010./s1. The molecular formula is C27H56N4P4. The Morgan fingerprint density at radius 1 is 0.543 bits per heavy atom. The molecule has 4 nitrogen and oxygen atoms in total. The van der Waals surface area contributed by atoms with Crippen LogP contribution in [-0.2, 0) is 0 Å². The lowest BCUT2D eigenvalue weighted by Crippen LogP contribution is -2.06. The van der Waals surface area contributed by atoms with Crippen LogP contribution in [0.1, 0.15) is 76.7 Å². The first kappa shape index (κ1) is 34.9. The average Bonchev–Trinajstić information content (AvgIpc) is 3.36. The third kappa shape index (κ3) is 11.0. The lowest BCUT2D eigenvalue weighted by Gasteiger charge is -2.11. The van der Waals surface area contributed by atoms with Crippen LogP contribution in [0.4, 0.5) is 0 Å². The second-order valence-corrected chi connectivity index (χ2v) is 13.0. The highest BCUT2D eigenvalue weighted by Gasteiger charge is 2.19. The van der Waals surface area contributed by atoms with Gasteiger partial charge in [0.15, 0.2) is 0 Å². The van der Waals surface area contributed by atoms with Crippen molar-refractivity contribution in [3.8, 4) is 0 Å². The predicted octanol–water partition coefficient (Wildman–Crippen LogP) is 7.94. The van der Waals surface area contributed by atoms with Gasteiger partial charge < -0.3 is 18.7 Å². The predicted molar refractivity (Wildman–Crippen MR) is 173 cm³/mol. The molecule has 4 aliphatic rings. The van der Waals surface area contributed by atoms with Gasteiger partial charge >= 0.3 is 0 Å². The van der Waals surface area contributed by atoms with Crippen LogP contribution < -0.4 is 0 Å². The summed E-state index contributed by atoms with van der Waals surface area (Å²) in [5, 5.41) is 0.